The van der Waals surface area contributed by atoms with Gasteiger partial charge >= 0.3 is 12.3 Å². The van der Waals surface area contributed by atoms with Crippen LogP contribution in [0.3, 0.4) is 0 Å². The van der Waals surface area contributed by atoms with Crippen LogP contribution in [0.15, 0.2) is 12.7 Å². The van der Waals surface area contributed by atoms with E-state index in [4.69, 9.17) is 0 Å². The molecular formula is C10H15F2N2O+. The summed E-state index contributed by atoms with van der Waals surface area (Å²) in [6, 6.07) is 0.0304. The van der Waals surface area contributed by atoms with Crippen LogP contribution < -0.4 is 5.32 Å². The molecule has 1 aliphatic heterocycles. The first-order valence-corrected chi connectivity index (χ1v) is 4.85. The Kier molecular flexibility index (Phi) is 4.08. The van der Waals surface area contributed by atoms with Crippen LogP contribution in [0.1, 0.15) is 12.8 Å². The van der Waals surface area contributed by atoms with E-state index in [0.29, 0.717) is 13.0 Å². The van der Waals surface area contributed by atoms with Gasteiger partial charge in [-0.15, -0.1) is 0 Å². The Hall–Kier alpha value is -1.10. The molecule has 0 spiro atoms. The summed E-state index contributed by atoms with van der Waals surface area (Å²) in [7, 11) is 1.73. The summed E-state index contributed by atoms with van der Waals surface area (Å²) in [4.78, 5) is 11.3. The first-order chi connectivity index (χ1) is 7.10. The quantitative estimate of drug-likeness (QED) is 0.560. The van der Waals surface area contributed by atoms with Crippen LogP contribution in [0.4, 0.5) is 8.78 Å². The Balaban J connectivity index is 2.95. The number of hydrogen-bond donors (Lipinski definition) is 1. The molecule has 1 N–H and O–H groups in total. The van der Waals surface area contributed by atoms with Crippen molar-refractivity contribution in [2.75, 3.05) is 13.6 Å². The third-order valence-corrected chi connectivity index (χ3v) is 2.60. The third-order valence-electron chi connectivity index (χ3n) is 2.60. The maximum atomic E-state index is 12.7. The fraction of sp³-hybridized carbons (Fsp3) is 0.600. The number of rotatable bonds is 3. The molecule has 3 nitrogen and oxygen atoms in total. The van der Waals surface area contributed by atoms with E-state index in [1.165, 1.54) is 0 Å². The molecular weight excluding hydrogens is 202 g/mol. The van der Waals surface area contributed by atoms with Crippen molar-refractivity contribution in [1.29, 1.82) is 0 Å². The van der Waals surface area contributed by atoms with Gasteiger partial charge in [0.15, 0.2) is 6.54 Å². The van der Waals surface area contributed by atoms with E-state index in [0.717, 1.165) is 10.7 Å². The lowest BCUT2D eigenvalue weighted by Gasteiger charge is -2.20. The van der Waals surface area contributed by atoms with Crippen molar-refractivity contribution in [3.63, 3.8) is 0 Å². The topological polar surface area (TPSA) is 32.1 Å². The van der Waals surface area contributed by atoms with Crippen LogP contribution >= 0.6 is 0 Å². The van der Waals surface area contributed by atoms with Crippen molar-refractivity contribution in [2.24, 2.45) is 0 Å². The van der Waals surface area contributed by atoms with Gasteiger partial charge in [0.25, 0.3) is 0 Å². The number of alkyl halides is 2. The van der Waals surface area contributed by atoms with Crippen LogP contribution in [0, 0.1) is 0 Å². The maximum Gasteiger partial charge on any atom is 0.411 e. The molecule has 0 aromatic heterocycles. The molecule has 0 aromatic rings. The monoisotopic (exact) mass is 217 g/mol. The van der Waals surface area contributed by atoms with Gasteiger partial charge in [-0.1, -0.05) is 6.58 Å². The molecule has 0 radical (unpaired) electrons. The molecule has 1 unspecified atom stereocenters. The van der Waals surface area contributed by atoms with E-state index in [1.807, 2.05) is 0 Å². The van der Waals surface area contributed by atoms with Gasteiger partial charge in [-0.2, -0.15) is 13.4 Å². The van der Waals surface area contributed by atoms with Crippen LogP contribution in [-0.2, 0) is 4.79 Å². The molecule has 15 heavy (non-hydrogen) atoms. The van der Waals surface area contributed by atoms with Crippen molar-refractivity contribution in [3.05, 3.63) is 12.7 Å². The molecule has 0 aromatic carbocycles. The number of carbonyl (C=O) groups excluding carboxylic acids is 1. The summed E-state index contributed by atoms with van der Waals surface area (Å²) in [6.45, 7) is 3.63. The number of amides is 1. The van der Waals surface area contributed by atoms with Gasteiger partial charge in [-0.25, -0.2) is 4.79 Å². The summed E-state index contributed by atoms with van der Waals surface area (Å²) < 4.78 is 26.5. The minimum Gasteiger partial charge on any atom is -0.316 e. The minimum absolute atomic E-state index is 0.0304. The average molecular weight is 217 g/mol. The SMILES string of the molecule is C=CC(=O)[N+]1=C(C(F)F)CC(NC)CC1. The molecule has 1 amide bonds. The highest BCUT2D eigenvalue weighted by atomic mass is 19.3. The highest BCUT2D eigenvalue weighted by Crippen LogP contribution is 2.13. The summed E-state index contributed by atoms with van der Waals surface area (Å²) in [5.74, 6) is -0.445. The van der Waals surface area contributed by atoms with Gasteiger partial charge in [-0.3, -0.25) is 0 Å². The summed E-state index contributed by atoms with van der Waals surface area (Å²) in [5, 5.41) is 2.95. The first-order valence-electron chi connectivity index (χ1n) is 4.85. The van der Waals surface area contributed by atoms with Gasteiger partial charge in [0, 0.05) is 25.0 Å². The Morgan fingerprint density at radius 1 is 1.73 bits per heavy atom. The van der Waals surface area contributed by atoms with Crippen LogP contribution in [0.5, 0.6) is 0 Å². The Labute approximate surface area is 87.5 Å². The molecule has 0 saturated heterocycles. The molecule has 1 rings (SSSR count). The Bertz CT molecular complexity index is 300. The van der Waals surface area contributed by atoms with E-state index < -0.39 is 12.3 Å². The average Bonchev–Trinajstić information content (AvgIpc) is 2.27. The van der Waals surface area contributed by atoms with Crippen molar-refractivity contribution in [3.8, 4) is 0 Å². The summed E-state index contributed by atoms with van der Waals surface area (Å²) in [6.07, 6.45) is -0.604. The smallest absolute Gasteiger partial charge is 0.316 e. The number of nitrogens with one attached hydrogen (secondary N) is 1. The van der Waals surface area contributed by atoms with Crippen LogP contribution in [0.2, 0.25) is 0 Å². The highest BCUT2D eigenvalue weighted by Gasteiger charge is 2.35. The normalized spacial score (nSPS) is 22.0. The molecule has 0 bridgehead atoms. The lowest BCUT2D eigenvalue weighted by Crippen LogP contribution is -2.44. The minimum atomic E-state index is -2.58. The number of nitrogens with zero attached hydrogens (tertiary/aromatic N) is 1. The van der Waals surface area contributed by atoms with Gasteiger partial charge in [-0.05, 0) is 7.05 Å². The van der Waals surface area contributed by atoms with Crippen molar-refractivity contribution in [2.45, 2.75) is 25.3 Å². The molecule has 0 aliphatic carbocycles. The maximum absolute atomic E-state index is 12.7. The summed E-state index contributed by atoms with van der Waals surface area (Å²) in [5.41, 5.74) is -0.106. The molecule has 1 heterocycles. The van der Waals surface area contributed by atoms with Crippen molar-refractivity contribution in [1.82, 2.24) is 5.32 Å². The van der Waals surface area contributed by atoms with Gasteiger partial charge in [0.2, 0.25) is 5.71 Å². The molecule has 0 fully saturated rings. The standard InChI is InChI=1S/C10H15F2N2O/c1-3-9(15)14-5-4-7(13-2)6-8(14)10(11)12/h3,7,10,13H,1,4-6H2,2H3/q+1. The van der Waals surface area contributed by atoms with E-state index in [9.17, 15) is 13.6 Å². The van der Waals surface area contributed by atoms with Crippen molar-refractivity contribution < 1.29 is 18.2 Å². The number of hydrogen-bond acceptors (Lipinski definition) is 2. The molecule has 1 atom stereocenters. The van der Waals surface area contributed by atoms with E-state index in [2.05, 4.69) is 11.9 Å². The molecule has 0 saturated carbocycles. The molecule has 5 heteroatoms. The zero-order valence-electron chi connectivity index (χ0n) is 8.67. The fourth-order valence-electron chi connectivity index (χ4n) is 1.71. The largest absolute Gasteiger partial charge is 0.411 e. The number of halogens is 2. The Morgan fingerprint density at radius 3 is 2.87 bits per heavy atom. The van der Waals surface area contributed by atoms with Gasteiger partial charge in [0.1, 0.15) is 0 Å². The fourth-order valence-corrected chi connectivity index (χ4v) is 1.71. The van der Waals surface area contributed by atoms with Gasteiger partial charge < -0.3 is 5.32 Å². The lowest BCUT2D eigenvalue weighted by atomic mass is 10.0. The van der Waals surface area contributed by atoms with Crippen molar-refractivity contribution >= 4 is 11.6 Å². The first kappa shape index (κ1) is 12.0. The second kappa shape index (κ2) is 5.11. The van der Waals surface area contributed by atoms with Gasteiger partial charge in [0.05, 0.1) is 0 Å². The number of carbonyl (C=O) groups is 1. The molecule has 1 aliphatic rings. The van der Waals surface area contributed by atoms with Crippen LogP contribution in [-0.4, -0.2) is 42.3 Å². The third kappa shape index (κ3) is 2.68. The zero-order valence-corrected chi connectivity index (χ0v) is 8.67. The molecule has 84 valence electrons. The second-order valence-corrected chi connectivity index (χ2v) is 3.46. The predicted molar refractivity (Wildman–Crippen MR) is 53.4 cm³/mol. The Morgan fingerprint density at radius 2 is 2.40 bits per heavy atom. The van der Waals surface area contributed by atoms with E-state index in [1.54, 1.807) is 7.05 Å². The highest BCUT2D eigenvalue weighted by molar-refractivity contribution is 5.91. The lowest BCUT2D eigenvalue weighted by molar-refractivity contribution is -0.454. The summed E-state index contributed by atoms with van der Waals surface area (Å²) >= 11 is 0. The van der Waals surface area contributed by atoms with Crippen LogP contribution in [0.25, 0.3) is 0 Å². The zero-order chi connectivity index (χ0) is 11.4. The van der Waals surface area contributed by atoms with E-state index >= 15 is 0 Å². The predicted octanol–water partition coefficient (Wildman–Crippen LogP) is 0.799. The second-order valence-electron chi connectivity index (χ2n) is 3.46. The van der Waals surface area contributed by atoms with E-state index in [-0.39, 0.29) is 18.2 Å².